The van der Waals surface area contributed by atoms with Crippen molar-refractivity contribution in [3.63, 3.8) is 0 Å². The number of unbranched alkanes of at least 4 members (excludes halogenated alkanes) is 5. The van der Waals surface area contributed by atoms with Crippen molar-refractivity contribution in [2.45, 2.75) is 45.4 Å². The van der Waals surface area contributed by atoms with Crippen molar-refractivity contribution in [1.29, 1.82) is 0 Å². The second-order valence-electron chi connectivity index (χ2n) is 3.36. The van der Waals surface area contributed by atoms with E-state index in [4.69, 9.17) is 5.41 Å². The Morgan fingerprint density at radius 3 is 2.25 bits per heavy atom. The van der Waals surface area contributed by atoms with Gasteiger partial charge < -0.3 is 4.90 Å². The highest BCUT2D eigenvalue weighted by atomic mass is 15.1. The first-order valence-corrected chi connectivity index (χ1v) is 4.99. The first kappa shape index (κ1) is 11.5. The van der Waals surface area contributed by atoms with Crippen LogP contribution in [0.25, 0.3) is 0 Å². The Bertz CT molecular complexity index is 102. The van der Waals surface area contributed by atoms with Crippen LogP contribution in [0.3, 0.4) is 0 Å². The number of rotatable bonds is 8. The van der Waals surface area contributed by atoms with Crippen LogP contribution in [0, 0.1) is 0 Å². The molecule has 12 heavy (non-hydrogen) atoms. The van der Waals surface area contributed by atoms with Crippen LogP contribution in [0.15, 0.2) is 0 Å². The van der Waals surface area contributed by atoms with Gasteiger partial charge in [0.2, 0.25) is 0 Å². The van der Waals surface area contributed by atoms with Crippen molar-refractivity contribution in [1.82, 2.24) is 10.3 Å². The molecule has 0 aromatic rings. The smallest absolute Gasteiger partial charge is 0.113 e. The monoisotopic (exact) mass is 169 g/mol. The lowest BCUT2D eigenvalue weighted by molar-refractivity contribution is 0.477. The Labute approximate surface area is 76.5 Å². The fourth-order valence-electron chi connectivity index (χ4n) is 1.20. The number of nitrogens with zero attached hydrogens (tertiary/aromatic N) is 2. The average Bonchev–Trinajstić information content (AvgIpc) is 2.10. The van der Waals surface area contributed by atoms with Gasteiger partial charge in [-0.15, -0.1) is 5.41 Å². The van der Waals surface area contributed by atoms with E-state index in [-0.39, 0.29) is 0 Å². The van der Waals surface area contributed by atoms with Crippen molar-refractivity contribution < 1.29 is 0 Å². The highest BCUT2D eigenvalue weighted by Gasteiger charge is 1.92. The topological polar surface area (TPSA) is 25.5 Å². The minimum absolute atomic E-state index is 0.975. The Kier molecular flexibility index (Phi) is 8.19. The van der Waals surface area contributed by atoms with Gasteiger partial charge in [0.25, 0.3) is 0 Å². The normalized spacial score (nSPS) is 9.83. The maximum atomic E-state index is 8.58. The van der Waals surface area contributed by atoms with E-state index in [9.17, 15) is 0 Å². The van der Waals surface area contributed by atoms with Gasteiger partial charge in [-0.1, -0.05) is 39.0 Å². The molecule has 0 fully saturated rings. The molecule has 0 atom stereocenters. The van der Waals surface area contributed by atoms with Crippen molar-refractivity contribution in [2.75, 3.05) is 13.6 Å². The van der Waals surface area contributed by atoms with Crippen LogP contribution in [-0.4, -0.2) is 24.8 Å². The van der Waals surface area contributed by atoms with Crippen molar-refractivity contribution in [2.24, 2.45) is 0 Å². The molecule has 2 nitrogen and oxygen atoms in total. The van der Waals surface area contributed by atoms with Crippen LogP contribution < -0.4 is 5.41 Å². The summed E-state index contributed by atoms with van der Waals surface area (Å²) >= 11 is 0. The summed E-state index contributed by atoms with van der Waals surface area (Å²) in [5.74, 6) is 0. The zero-order valence-electron chi connectivity index (χ0n) is 8.42. The fourth-order valence-corrected chi connectivity index (χ4v) is 1.20. The van der Waals surface area contributed by atoms with Crippen LogP contribution in [0.4, 0.5) is 0 Å². The predicted molar refractivity (Wildman–Crippen MR) is 54.2 cm³/mol. The molecule has 0 aromatic carbocycles. The number of hydrogen-bond donors (Lipinski definition) is 0. The van der Waals surface area contributed by atoms with E-state index in [2.05, 4.69) is 6.92 Å². The van der Waals surface area contributed by atoms with E-state index in [0.29, 0.717) is 0 Å². The molecule has 0 aromatic heterocycles. The molecule has 0 saturated heterocycles. The van der Waals surface area contributed by atoms with Gasteiger partial charge in [0, 0.05) is 13.6 Å². The van der Waals surface area contributed by atoms with Gasteiger partial charge in [-0.25, -0.2) is 0 Å². The SMILES string of the molecule is CCCCCCCCN(C)C=[N]. The average molecular weight is 169 g/mol. The van der Waals surface area contributed by atoms with E-state index in [0.717, 1.165) is 12.9 Å². The molecule has 0 N–H and O–H groups in total. The highest BCUT2D eigenvalue weighted by Crippen LogP contribution is 2.04. The van der Waals surface area contributed by atoms with E-state index in [1.165, 1.54) is 38.5 Å². The lowest BCUT2D eigenvalue weighted by Crippen LogP contribution is -2.17. The van der Waals surface area contributed by atoms with Crippen LogP contribution in [-0.2, 0) is 0 Å². The van der Waals surface area contributed by atoms with Crippen LogP contribution in [0.5, 0.6) is 0 Å². The Morgan fingerprint density at radius 1 is 1.08 bits per heavy atom. The molecule has 2 heteroatoms. The summed E-state index contributed by atoms with van der Waals surface area (Å²) in [7, 11) is 1.89. The molecule has 0 heterocycles. The second-order valence-corrected chi connectivity index (χ2v) is 3.36. The van der Waals surface area contributed by atoms with Gasteiger partial charge in [-0.2, -0.15) is 0 Å². The summed E-state index contributed by atoms with van der Waals surface area (Å²) < 4.78 is 0. The van der Waals surface area contributed by atoms with Crippen LogP contribution >= 0.6 is 0 Å². The first-order valence-electron chi connectivity index (χ1n) is 4.99. The Morgan fingerprint density at radius 2 is 1.67 bits per heavy atom. The third-order valence-corrected chi connectivity index (χ3v) is 2.06. The molecule has 0 aliphatic rings. The third kappa shape index (κ3) is 7.58. The molecular formula is C10H21N2. The van der Waals surface area contributed by atoms with E-state index in [1.54, 1.807) is 0 Å². The molecular weight excluding hydrogens is 148 g/mol. The molecule has 0 unspecified atom stereocenters. The summed E-state index contributed by atoms with van der Waals surface area (Å²) in [6, 6.07) is 0. The summed E-state index contributed by atoms with van der Waals surface area (Å²) in [6.45, 7) is 3.21. The van der Waals surface area contributed by atoms with Gasteiger partial charge in [0.1, 0.15) is 6.34 Å². The minimum atomic E-state index is 0.975. The van der Waals surface area contributed by atoms with Gasteiger partial charge in [-0.05, 0) is 6.42 Å². The van der Waals surface area contributed by atoms with Crippen molar-refractivity contribution >= 4 is 6.34 Å². The van der Waals surface area contributed by atoms with Crippen LogP contribution in [0.2, 0.25) is 0 Å². The quantitative estimate of drug-likeness (QED) is 0.310. The minimum Gasteiger partial charge on any atom is -0.364 e. The van der Waals surface area contributed by atoms with Gasteiger partial charge in [0.05, 0.1) is 0 Å². The second kappa shape index (κ2) is 8.57. The highest BCUT2D eigenvalue weighted by molar-refractivity contribution is 5.50. The van der Waals surface area contributed by atoms with Crippen molar-refractivity contribution in [3.8, 4) is 0 Å². The first-order chi connectivity index (χ1) is 5.81. The molecule has 71 valence electrons. The standard InChI is InChI=1S/C10H21N2/c1-3-4-5-6-7-8-9-12(2)10-11/h10H,3-9H2,1-2H3. The van der Waals surface area contributed by atoms with Gasteiger partial charge in [0.15, 0.2) is 0 Å². The molecule has 0 aliphatic heterocycles. The van der Waals surface area contributed by atoms with Crippen molar-refractivity contribution in [3.05, 3.63) is 0 Å². The Hall–Kier alpha value is -0.530. The molecule has 0 amide bonds. The van der Waals surface area contributed by atoms with Gasteiger partial charge in [-0.3, -0.25) is 0 Å². The summed E-state index contributed by atoms with van der Waals surface area (Å²) in [5.41, 5.74) is 0. The molecule has 0 rings (SSSR count). The molecule has 0 aliphatic carbocycles. The molecule has 0 spiro atoms. The van der Waals surface area contributed by atoms with E-state index < -0.39 is 0 Å². The zero-order valence-corrected chi connectivity index (χ0v) is 8.42. The zero-order chi connectivity index (χ0) is 9.23. The van der Waals surface area contributed by atoms with E-state index >= 15 is 0 Å². The predicted octanol–water partition coefficient (Wildman–Crippen LogP) is 2.11. The third-order valence-electron chi connectivity index (χ3n) is 2.06. The molecule has 0 bridgehead atoms. The maximum absolute atomic E-state index is 8.58. The summed E-state index contributed by atoms with van der Waals surface area (Å²) in [6.07, 6.45) is 9.00. The van der Waals surface area contributed by atoms with Crippen LogP contribution in [0.1, 0.15) is 45.4 Å². The molecule has 1 radical (unpaired) electrons. The van der Waals surface area contributed by atoms with Gasteiger partial charge >= 0.3 is 0 Å². The Balaban J connectivity index is 2.95. The molecule has 0 saturated carbocycles. The maximum Gasteiger partial charge on any atom is 0.113 e. The van der Waals surface area contributed by atoms with E-state index in [1.807, 2.05) is 11.9 Å². The lowest BCUT2D eigenvalue weighted by Gasteiger charge is -2.10. The number of hydrogen-bond acceptors (Lipinski definition) is 0. The summed E-state index contributed by atoms with van der Waals surface area (Å²) in [4.78, 5) is 1.82. The largest absolute Gasteiger partial charge is 0.364 e. The summed E-state index contributed by atoms with van der Waals surface area (Å²) in [5, 5.41) is 8.58. The lowest BCUT2D eigenvalue weighted by atomic mass is 10.1. The fraction of sp³-hybridized carbons (Fsp3) is 0.900.